The first-order valence-electron chi connectivity index (χ1n) is 8.91. The first-order chi connectivity index (χ1) is 11.8. The smallest absolute Gasteiger partial charge is 0.238 e. The molecule has 0 atom stereocenters. The Hall–Kier alpha value is -2.13. The second-order valence-electron chi connectivity index (χ2n) is 7.39. The van der Waals surface area contributed by atoms with Gasteiger partial charge in [0.15, 0.2) is 0 Å². The summed E-state index contributed by atoms with van der Waals surface area (Å²) in [6, 6.07) is 12.8. The first kappa shape index (κ1) is 19.2. The van der Waals surface area contributed by atoms with Gasteiger partial charge in [-0.15, -0.1) is 0 Å². The molecule has 0 saturated carbocycles. The average Bonchev–Trinajstić information content (AvgIpc) is 2.51. The maximum Gasteiger partial charge on any atom is 0.238 e. The lowest BCUT2D eigenvalue weighted by Gasteiger charge is -2.18. The number of nitrogens with zero attached hydrogens (tertiary/aromatic N) is 1. The number of hydrogen-bond donors (Lipinski definition) is 1. The highest BCUT2D eigenvalue weighted by atomic mass is 16.2. The Balaban J connectivity index is 1.94. The fraction of sp³-hybridized carbons (Fsp3) is 0.409. The predicted octanol–water partition coefficient (Wildman–Crippen LogP) is 4.81. The lowest BCUT2D eigenvalue weighted by molar-refractivity contribution is -0.117. The Labute approximate surface area is 152 Å². The molecule has 0 radical (unpaired) electrons. The van der Waals surface area contributed by atoms with Crippen molar-refractivity contribution in [3.05, 3.63) is 64.2 Å². The van der Waals surface area contributed by atoms with Gasteiger partial charge in [0.1, 0.15) is 0 Å². The minimum absolute atomic E-state index is 0.0244. The summed E-state index contributed by atoms with van der Waals surface area (Å²) in [5.74, 6) is 0.565. The molecule has 3 nitrogen and oxygen atoms in total. The molecular weight excluding hydrogens is 308 g/mol. The molecule has 3 heteroatoms. The Bertz CT molecular complexity index is 709. The quantitative estimate of drug-likeness (QED) is 0.820. The third-order valence-corrected chi connectivity index (χ3v) is 4.45. The van der Waals surface area contributed by atoms with Gasteiger partial charge in [-0.1, -0.05) is 55.8 Å². The molecule has 2 rings (SSSR count). The van der Waals surface area contributed by atoms with Gasteiger partial charge in [-0.05, 0) is 56.0 Å². The summed E-state index contributed by atoms with van der Waals surface area (Å²) >= 11 is 0. The van der Waals surface area contributed by atoms with Gasteiger partial charge in [-0.3, -0.25) is 9.69 Å². The largest absolute Gasteiger partial charge is 0.324 e. The molecule has 2 aromatic rings. The summed E-state index contributed by atoms with van der Waals surface area (Å²) in [7, 11) is 1.98. The van der Waals surface area contributed by atoms with Gasteiger partial charge in [0.05, 0.1) is 6.54 Å². The van der Waals surface area contributed by atoms with E-state index in [0.717, 1.165) is 23.4 Å². The zero-order chi connectivity index (χ0) is 18.6. The maximum absolute atomic E-state index is 12.4. The molecule has 1 N–H and O–H groups in total. The van der Waals surface area contributed by atoms with Gasteiger partial charge in [0, 0.05) is 12.2 Å². The van der Waals surface area contributed by atoms with Gasteiger partial charge in [-0.2, -0.15) is 0 Å². The minimum Gasteiger partial charge on any atom is -0.324 e. The van der Waals surface area contributed by atoms with Crippen molar-refractivity contribution in [2.75, 3.05) is 18.9 Å². The van der Waals surface area contributed by atoms with Crippen molar-refractivity contribution in [1.82, 2.24) is 4.90 Å². The summed E-state index contributed by atoms with van der Waals surface area (Å²) in [4.78, 5) is 14.4. The number of anilines is 1. The van der Waals surface area contributed by atoms with Crippen LogP contribution in [0.15, 0.2) is 36.4 Å². The number of nitrogens with one attached hydrogen (secondary N) is 1. The van der Waals surface area contributed by atoms with E-state index >= 15 is 0 Å². The van der Waals surface area contributed by atoms with Crippen LogP contribution >= 0.6 is 0 Å². The summed E-state index contributed by atoms with van der Waals surface area (Å²) in [6.07, 6.45) is 0. The van der Waals surface area contributed by atoms with Crippen LogP contribution in [0.1, 0.15) is 47.6 Å². The number of rotatable bonds is 6. The van der Waals surface area contributed by atoms with Gasteiger partial charge in [-0.25, -0.2) is 0 Å². The van der Waals surface area contributed by atoms with Crippen LogP contribution in [-0.2, 0) is 11.3 Å². The van der Waals surface area contributed by atoms with E-state index in [2.05, 4.69) is 62.5 Å². The number of benzene rings is 2. The second-order valence-corrected chi connectivity index (χ2v) is 7.39. The van der Waals surface area contributed by atoms with Crippen molar-refractivity contribution in [2.24, 2.45) is 0 Å². The van der Waals surface area contributed by atoms with Gasteiger partial charge in [0.2, 0.25) is 5.91 Å². The third-order valence-electron chi connectivity index (χ3n) is 4.45. The van der Waals surface area contributed by atoms with Crippen LogP contribution in [0.3, 0.4) is 0 Å². The van der Waals surface area contributed by atoms with Crippen LogP contribution in [0, 0.1) is 20.8 Å². The molecule has 25 heavy (non-hydrogen) atoms. The fourth-order valence-electron chi connectivity index (χ4n) is 3.18. The molecule has 1 amide bonds. The van der Waals surface area contributed by atoms with Crippen LogP contribution in [0.25, 0.3) is 0 Å². The van der Waals surface area contributed by atoms with E-state index in [4.69, 9.17) is 0 Å². The van der Waals surface area contributed by atoms with Gasteiger partial charge < -0.3 is 5.32 Å². The van der Waals surface area contributed by atoms with E-state index in [1.807, 2.05) is 25.8 Å². The Morgan fingerprint density at radius 2 is 1.60 bits per heavy atom. The lowest BCUT2D eigenvalue weighted by Crippen LogP contribution is -2.30. The Morgan fingerprint density at radius 1 is 1.04 bits per heavy atom. The summed E-state index contributed by atoms with van der Waals surface area (Å²) < 4.78 is 0. The SMILES string of the molecule is Cc1cc(C)c(NC(=O)CN(C)Cc2ccc(C(C)C)cc2)c(C)c1. The number of carbonyl (C=O) groups excluding carboxylic acids is 1. The zero-order valence-corrected chi connectivity index (χ0v) is 16.3. The number of aryl methyl sites for hydroxylation is 3. The molecule has 0 saturated heterocycles. The standard InChI is InChI=1S/C22H30N2O/c1-15(2)20-9-7-19(8-10-20)13-24(6)14-21(25)23-22-17(4)11-16(3)12-18(22)5/h7-12,15H,13-14H2,1-6H3,(H,23,25). The summed E-state index contributed by atoms with van der Waals surface area (Å²) in [6.45, 7) is 11.7. The van der Waals surface area contributed by atoms with E-state index in [9.17, 15) is 4.79 Å². The predicted molar refractivity (Wildman–Crippen MR) is 106 cm³/mol. The van der Waals surface area contributed by atoms with Crippen molar-refractivity contribution in [2.45, 2.75) is 47.1 Å². The summed E-state index contributed by atoms with van der Waals surface area (Å²) in [5.41, 5.74) is 6.94. The van der Waals surface area contributed by atoms with Crippen molar-refractivity contribution in [1.29, 1.82) is 0 Å². The number of amides is 1. The highest BCUT2D eigenvalue weighted by molar-refractivity contribution is 5.93. The van der Waals surface area contributed by atoms with Crippen molar-refractivity contribution >= 4 is 11.6 Å². The van der Waals surface area contributed by atoms with E-state index in [-0.39, 0.29) is 5.91 Å². The van der Waals surface area contributed by atoms with E-state index in [1.165, 1.54) is 16.7 Å². The molecule has 0 bridgehead atoms. The molecular formula is C22H30N2O. The number of hydrogen-bond acceptors (Lipinski definition) is 2. The van der Waals surface area contributed by atoms with E-state index in [0.29, 0.717) is 12.5 Å². The summed E-state index contributed by atoms with van der Waals surface area (Å²) in [5, 5.41) is 3.07. The molecule has 2 aromatic carbocycles. The molecule has 0 spiro atoms. The maximum atomic E-state index is 12.4. The van der Waals surface area contributed by atoms with Crippen LogP contribution in [-0.4, -0.2) is 24.4 Å². The number of carbonyl (C=O) groups is 1. The van der Waals surface area contributed by atoms with E-state index < -0.39 is 0 Å². The Kier molecular flexibility index (Phi) is 6.38. The highest BCUT2D eigenvalue weighted by Gasteiger charge is 2.11. The first-order valence-corrected chi connectivity index (χ1v) is 8.91. The molecule has 0 fully saturated rings. The van der Waals surface area contributed by atoms with Crippen LogP contribution in [0.4, 0.5) is 5.69 Å². The highest BCUT2D eigenvalue weighted by Crippen LogP contribution is 2.22. The minimum atomic E-state index is 0.0244. The van der Waals surface area contributed by atoms with Crippen LogP contribution in [0.2, 0.25) is 0 Å². The molecule has 0 aliphatic rings. The van der Waals surface area contributed by atoms with Crippen molar-refractivity contribution in [3.63, 3.8) is 0 Å². The lowest BCUT2D eigenvalue weighted by atomic mass is 10.0. The van der Waals surface area contributed by atoms with Gasteiger partial charge in [0.25, 0.3) is 0 Å². The van der Waals surface area contributed by atoms with Gasteiger partial charge >= 0.3 is 0 Å². The second kappa shape index (κ2) is 8.30. The molecule has 0 aliphatic carbocycles. The third kappa shape index (κ3) is 5.43. The molecule has 134 valence electrons. The molecule has 0 aromatic heterocycles. The van der Waals surface area contributed by atoms with E-state index in [1.54, 1.807) is 0 Å². The van der Waals surface area contributed by atoms with Crippen molar-refractivity contribution in [3.8, 4) is 0 Å². The molecule has 0 heterocycles. The monoisotopic (exact) mass is 338 g/mol. The molecule has 0 unspecified atom stereocenters. The van der Waals surface area contributed by atoms with Crippen LogP contribution < -0.4 is 5.32 Å². The normalized spacial score (nSPS) is 11.2. The number of likely N-dealkylation sites (N-methyl/N-ethyl adjacent to an activating group) is 1. The zero-order valence-electron chi connectivity index (χ0n) is 16.3. The fourth-order valence-corrected chi connectivity index (χ4v) is 3.18. The Morgan fingerprint density at radius 3 is 2.12 bits per heavy atom. The topological polar surface area (TPSA) is 32.3 Å². The molecule has 0 aliphatic heterocycles. The van der Waals surface area contributed by atoms with Crippen molar-refractivity contribution < 1.29 is 4.79 Å². The van der Waals surface area contributed by atoms with Crippen LogP contribution in [0.5, 0.6) is 0 Å². The average molecular weight is 338 g/mol.